The molecular weight excluding hydrogens is 512 g/mol. The van der Waals surface area contributed by atoms with E-state index in [1.165, 1.54) is 0 Å². The fourth-order valence-electron chi connectivity index (χ4n) is 4.47. The number of sulfone groups is 1. The predicted molar refractivity (Wildman–Crippen MR) is 144 cm³/mol. The van der Waals surface area contributed by atoms with E-state index < -0.39 is 15.9 Å². The van der Waals surface area contributed by atoms with Gasteiger partial charge in [-0.3, -0.25) is 0 Å². The molecule has 0 bridgehead atoms. The number of hydrogen-bond donors (Lipinski definition) is 1. The van der Waals surface area contributed by atoms with Crippen molar-refractivity contribution in [3.05, 3.63) is 35.4 Å². The van der Waals surface area contributed by atoms with Crippen LogP contribution in [0.4, 0.5) is 0 Å². The number of methoxy groups -OCH3 is 3. The van der Waals surface area contributed by atoms with E-state index in [-0.39, 0.29) is 41.0 Å². The zero-order chi connectivity index (χ0) is 27.9. The first kappa shape index (κ1) is 29.9. The lowest BCUT2D eigenvalue weighted by Gasteiger charge is -2.21. The summed E-state index contributed by atoms with van der Waals surface area (Å²) in [4.78, 5) is 0.0886. The van der Waals surface area contributed by atoms with E-state index in [1.54, 1.807) is 40.4 Å². The van der Waals surface area contributed by atoms with Crippen LogP contribution < -0.4 is 23.7 Å². The fourth-order valence-corrected chi connectivity index (χ4v) is 5.99. The Hall–Kier alpha value is -2.69. The Morgan fingerprint density at radius 3 is 1.95 bits per heavy atom. The van der Waals surface area contributed by atoms with E-state index in [0.717, 1.165) is 5.56 Å². The molecular formula is C28H40O9S. The molecule has 1 aliphatic rings. The van der Waals surface area contributed by atoms with Crippen molar-refractivity contribution in [1.82, 2.24) is 0 Å². The van der Waals surface area contributed by atoms with Crippen molar-refractivity contribution in [2.24, 2.45) is 0 Å². The first-order valence-electron chi connectivity index (χ1n) is 13.0. The lowest BCUT2D eigenvalue weighted by molar-refractivity contribution is 0.0433. The smallest absolute Gasteiger partial charge is 0.203 e. The highest BCUT2D eigenvalue weighted by Crippen LogP contribution is 2.48. The van der Waals surface area contributed by atoms with Gasteiger partial charge in [0.2, 0.25) is 5.75 Å². The molecule has 0 saturated carbocycles. The third-order valence-electron chi connectivity index (χ3n) is 6.23. The summed E-state index contributed by atoms with van der Waals surface area (Å²) in [7, 11) is 1.04. The quantitative estimate of drug-likeness (QED) is 0.345. The summed E-state index contributed by atoms with van der Waals surface area (Å²) in [6.45, 7) is 5.70. The number of aliphatic hydroxyl groups excluding tert-OH is 1. The molecule has 2 aromatic rings. The molecule has 0 aliphatic carbocycles. The Kier molecular flexibility index (Phi) is 10.5. The van der Waals surface area contributed by atoms with Crippen LogP contribution >= 0.6 is 0 Å². The summed E-state index contributed by atoms with van der Waals surface area (Å²) >= 11 is 0. The van der Waals surface area contributed by atoms with Crippen molar-refractivity contribution in [2.45, 2.75) is 69.7 Å². The van der Waals surface area contributed by atoms with Crippen molar-refractivity contribution in [1.29, 1.82) is 0 Å². The minimum absolute atomic E-state index is 0.00120. The number of aliphatic hydroxyl groups is 1. The van der Waals surface area contributed by atoms with E-state index in [4.69, 9.17) is 28.4 Å². The van der Waals surface area contributed by atoms with Gasteiger partial charge in [-0.05, 0) is 68.0 Å². The topological polar surface area (TPSA) is 110 Å². The largest absolute Gasteiger partial charge is 0.493 e. The van der Waals surface area contributed by atoms with Gasteiger partial charge in [0.05, 0.1) is 52.0 Å². The second kappa shape index (κ2) is 13.4. The van der Waals surface area contributed by atoms with Crippen LogP contribution in [0, 0.1) is 0 Å². The van der Waals surface area contributed by atoms with E-state index >= 15 is 0 Å². The van der Waals surface area contributed by atoms with Gasteiger partial charge in [-0.25, -0.2) is 8.42 Å². The third-order valence-corrected chi connectivity index (χ3v) is 8.15. The number of rotatable bonds is 14. The number of hydrogen-bond acceptors (Lipinski definition) is 9. The van der Waals surface area contributed by atoms with Crippen molar-refractivity contribution in [2.75, 3.05) is 40.3 Å². The maximum Gasteiger partial charge on any atom is 0.203 e. The molecule has 0 aromatic heterocycles. The first-order valence-corrected chi connectivity index (χ1v) is 14.6. The Morgan fingerprint density at radius 1 is 0.868 bits per heavy atom. The highest BCUT2D eigenvalue weighted by molar-refractivity contribution is 7.91. The summed E-state index contributed by atoms with van der Waals surface area (Å²) in [6.07, 6.45) is 1.17. The van der Waals surface area contributed by atoms with Crippen molar-refractivity contribution in [3.8, 4) is 28.7 Å². The van der Waals surface area contributed by atoms with Gasteiger partial charge in [0.25, 0.3) is 0 Å². The second-order valence-electron chi connectivity index (χ2n) is 9.32. The molecule has 38 heavy (non-hydrogen) atoms. The molecule has 3 rings (SSSR count). The Labute approximate surface area is 225 Å². The van der Waals surface area contributed by atoms with Gasteiger partial charge in [-0.2, -0.15) is 0 Å². The van der Waals surface area contributed by atoms with E-state index in [0.29, 0.717) is 55.1 Å². The predicted octanol–water partition coefficient (Wildman–Crippen LogP) is 5.04. The highest BCUT2D eigenvalue weighted by Gasteiger charge is 2.33. The van der Waals surface area contributed by atoms with E-state index in [1.807, 2.05) is 26.0 Å². The van der Waals surface area contributed by atoms with Gasteiger partial charge in [0.1, 0.15) is 11.5 Å². The van der Waals surface area contributed by atoms with Crippen LogP contribution in [0.25, 0.3) is 0 Å². The molecule has 212 valence electrons. The molecule has 3 atom stereocenters. The molecule has 0 radical (unpaired) electrons. The van der Waals surface area contributed by atoms with Crippen LogP contribution in [0.15, 0.2) is 29.2 Å². The van der Waals surface area contributed by atoms with Gasteiger partial charge in [0, 0.05) is 0 Å². The summed E-state index contributed by atoms with van der Waals surface area (Å²) in [5.74, 6) is 2.02. The zero-order valence-electron chi connectivity index (χ0n) is 23.1. The summed E-state index contributed by atoms with van der Waals surface area (Å²) < 4.78 is 61.2. The van der Waals surface area contributed by atoms with Gasteiger partial charge in [-0.15, -0.1) is 0 Å². The van der Waals surface area contributed by atoms with Gasteiger partial charge in [-0.1, -0.05) is 13.8 Å². The average Bonchev–Trinajstić information content (AvgIpc) is 3.40. The molecule has 1 heterocycles. The molecule has 1 fully saturated rings. The zero-order valence-corrected chi connectivity index (χ0v) is 23.9. The molecule has 9 nitrogen and oxygen atoms in total. The van der Waals surface area contributed by atoms with Crippen LogP contribution in [0.5, 0.6) is 28.7 Å². The van der Waals surface area contributed by atoms with Gasteiger partial charge < -0.3 is 33.5 Å². The SMILES string of the molecule is CCCOc1c(OCC(C)O)cc(C2CCC(c3cc(OC)c(OC)c(OC)c3)O2)cc1S(=O)(=O)CCC. The summed E-state index contributed by atoms with van der Waals surface area (Å²) in [5, 5.41) is 9.82. The number of benzene rings is 2. The van der Waals surface area contributed by atoms with Crippen molar-refractivity contribution < 1.29 is 41.9 Å². The van der Waals surface area contributed by atoms with Crippen LogP contribution in [0.2, 0.25) is 0 Å². The molecule has 0 amide bonds. The summed E-state index contributed by atoms with van der Waals surface area (Å²) in [6, 6.07) is 7.14. The van der Waals surface area contributed by atoms with Gasteiger partial charge >= 0.3 is 0 Å². The highest BCUT2D eigenvalue weighted by atomic mass is 32.2. The monoisotopic (exact) mass is 552 g/mol. The molecule has 1 N–H and O–H groups in total. The van der Waals surface area contributed by atoms with Crippen molar-refractivity contribution >= 4 is 9.84 Å². The van der Waals surface area contributed by atoms with Crippen LogP contribution in [0.3, 0.4) is 0 Å². The minimum atomic E-state index is -3.65. The Balaban J connectivity index is 2.02. The molecule has 3 unspecified atom stereocenters. The lowest BCUT2D eigenvalue weighted by atomic mass is 10.0. The standard InChI is InChI=1S/C28H40O9S/c1-7-11-35-28-25(36-17-18(3)29)15-20(16-26(28)38(30,31)12-8-2)22-10-9-21(37-22)19-13-23(32-4)27(34-6)24(14-19)33-5/h13-16,18,21-22,29H,7-12,17H2,1-6H3. The Bertz CT molecular complexity index is 1150. The van der Waals surface area contributed by atoms with E-state index in [9.17, 15) is 13.5 Å². The molecule has 2 aromatic carbocycles. The second-order valence-corrected chi connectivity index (χ2v) is 11.4. The normalized spacial score (nSPS) is 18.2. The lowest BCUT2D eigenvalue weighted by Crippen LogP contribution is -2.16. The van der Waals surface area contributed by atoms with E-state index in [2.05, 4.69) is 0 Å². The molecule has 1 saturated heterocycles. The molecule has 10 heteroatoms. The maximum absolute atomic E-state index is 13.3. The maximum atomic E-state index is 13.3. The minimum Gasteiger partial charge on any atom is -0.493 e. The van der Waals surface area contributed by atoms with Crippen LogP contribution in [0.1, 0.15) is 69.8 Å². The fraction of sp³-hybridized carbons (Fsp3) is 0.571. The van der Waals surface area contributed by atoms with Crippen LogP contribution in [-0.4, -0.2) is 59.9 Å². The summed E-state index contributed by atoms with van der Waals surface area (Å²) in [5.41, 5.74) is 1.55. The third kappa shape index (κ3) is 6.84. The van der Waals surface area contributed by atoms with Gasteiger partial charge in [0.15, 0.2) is 32.8 Å². The molecule has 1 aliphatic heterocycles. The number of ether oxygens (including phenoxy) is 6. The Morgan fingerprint density at radius 2 is 1.45 bits per heavy atom. The van der Waals surface area contributed by atoms with Crippen LogP contribution in [-0.2, 0) is 14.6 Å². The van der Waals surface area contributed by atoms with Crippen molar-refractivity contribution in [3.63, 3.8) is 0 Å². The average molecular weight is 553 g/mol. The molecule has 0 spiro atoms. The first-order chi connectivity index (χ1) is 18.2.